The van der Waals surface area contributed by atoms with E-state index in [0.29, 0.717) is 18.8 Å². The number of aromatic amines is 1. The van der Waals surface area contributed by atoms with Gasteiger partial charge in [0.05, 0.1) is 6.54 Å². The topological polar surface area (TPSA) is 84.6 Å². The van der Waals surface area contributed by atoms with E-state index in [2.05, 4.69) is 29.3 Å². The molecule has 0 bridgehead atoms. The minimum absolute atomic E-state index is 0.0520. The number of likely N-dealkylation sites (tertiary alicyclic amines) is 1. The average molecular weight is 353 g/mol. The summed E-state index contributed by atoms with van der Waals surface area (Å²) in [5.41, 5.74) is 0.639. The Balaban J connectivity index is 1.50. The van der Waals surface area contributed by atoms with Gasteiger partial charge in [-0.25, -0.2) is 4.98 Å². The summed E-state index contributed by atoms with van der Waals surface area (Å²) in [5.74, 6) is 3.06. The van der Waals surface area contributed by atoms with Crippen LogP contribution in [0.5, 0.6) is 0 Å². The van der Waals surface area contributed by atoms with Crippen molar-refractivity contribution >= 4 is 5.91 Å². The molecule has 4 rings (SSSR count). The van der Waals surface area contributed by atoms with Crippen LogP contribution < -0.4 is 0 Å². The summed E-state index contributed by atoms with van der Waals surface area (Å²) in [6.07, 6.45) is 7.51. The third-order valence-electron chi connectivity index (χ3n) is 5.14. The zero-order valence-electron chi connectivity index (χ0n) is 15.1. The van der Waals surface area contributed by atoms with E-state index >= 15 is 0 Å². The number of carbonyl (C=O) groups is 1. The molecule has 1 amide bonds. The minimum Gasteiger partial charge on any atom is -0.357 e. The largest absolute Gasteiger partial charge is 0.357 e. The number of amides is 1. The van der Waals surface area contributed by atoms with Gasteiger partial charge in [0, 0.05) is 44.6 Å². The average Bonchev–Trinajstić information content (AvgIpc) is 3.39. The van der Waals surface area contributed by atoms with Crippen molar-refractivity contribution in [1.82, 2.24) is 34.2 Å². The van der Waals surface area contributed by atoms with E-state index in [4.69, 9.17) is 0 Å². The molecular formula is C18H23N7O. The molecule has 0 radical (unpaired) electrons. The predicted molar refractivity (Wildman–Crippen MR) is 95.7 cm³/mol. The Morgan fingerprint density at radius 1 is 1.38 bits per heavy atom. The lowest BCUT2D eigenvalue weighted by molar-refractivity contribution is 0.0698. The third-order valence-corrected chi connectivity index (χ3v) is 5.14. The zero-order valence-corrected chi connectivity index (χ0v) is 15.1. The van der Waals surface area contributed by atoms with Crippen LogP contribution >= 0.6 is 0 Å². The Kier molecular flexibility index (Phi) is 4.32. The van der Waals surface area contributed by atoms with Crippen molar-refractivity contribution in [2.75, 3.05) is 13.1 Å². The van der Waals surface area contributed by atoms with Gasteiger partial charge in [0.1, 0.15) is 17.3 Å². The monoisotopic (exact) mass is 353 g/mol. The summed E-state index contributed by atoms with van der Waals surface area (Å²) in [6.45, 7) is 4.08. The van der Waals surface area contributed by atoms with Crippen molar-refractivity contribution in [2.45, 2.75) is 32.2 Å². The maximum absolute atomic E-state index is 12.6. The SMILES string of the molecule is Cc1nccn1Cc1nnc(C2CCCN(C(=O)c3ccc[nH]3)C2)n1C. The van der Waals surface area contributed by atoms with E-state index in [9.17, 15) is 4.79 Å². The molecule has 1 unspecified atom stereocenters. The van der Waals surface area contributed by atoms with E-state index in [0.717, 1.165) is 36.9 Å². The highest BCUT2D eigenvalue weighted by Crippen LogP contribution is 2.26. The highest BCUT2D eigenvalue weighted by Gasteiger charge is 2.29. The summed E-state index contributed by atoms with van der Waals surface area (Å²) in [6, 6.07) is 3.67. The van der Waals surface area contributed by atoms with Crippen LogP contribution in [0.3, 0.4) is 0 Å². The van der Waals surface area contributed by atoms with Crippen molar-refractivity contribution < 1.29 is 4.79 Å². The Morgan fingerprint density at radius 3 is 3.00 bits per heavy atom. The maximum atomic E-state index is 12.6. The molecule has 0 spiro atoms. The normalized spacial score (nSPS) is 17.6. The molecule has 26 heavy (non-hydrogen) atoms. The van der Waals surface area contributed by atoms with E-state index in [1.54, 1.807) is 12.4 Å². The van der Waals surface area contributed by atoms with E-state index < -0.39 is 0 Å². The molecule has 0 saturated carbocycles. The van der Waals surface area contributed by atoms with Crippen molar-refractivity contribution in [1.29, 1.82) is 0 Å². The number of nitrogens with zero attached hydrogens (tertiary/aromatic N) is 6. The van der Waals surface area contributed by atoms with E-state index in [-0.39, 0.29) is 11.8 Å². The van der Waals surface area contributed by atoms with Gasteiger partial charge in [-0.05, 0) is 31.9 Å². The number of rotatable bonds is 4. The fourth-order valence-electron chi connectivity index (χ4n) is 3.60. The van der Waals surface area contributed by atoms with E-state index in [1.165, 1.54) is 0 Å². The number of hydrogen-bond donors (Lipinski definition) is 1. The lowest BCUT2D eigenvalue weighted by Gasteiger charge is -2.32. The van der Waals surface area contributed by atoms with Crippen LogP contribution in [0, 0.1) is 6.92 Å². The Morgan fingerprint density at radius 2 is 2.27 bits per heavy atom. The van der Waals surface area contributed by atoms with Gasteiger partial charge in [-0.2, -0.15) is 0 Å². The molecule has 1 atom stereocenters. The first-order valence-electron chi connectivity index (χ1n) is 8.92. The number of H-pyrrole nitrogens is 1. The zero-order chi connectivity index (χ0) is 18.1. The Hall–Kier alpha value is -2.90. The molecule has 1 saturated heterocycles. The molecule has 1 N–H and O–H groups in total. The molecule has 1 aliphatic heterocycles. The minimum atomic E-state index is 0.0520. The number of nitrogens with one attached hydrogen (secondary N) is 1. The second-order valence-corrected chi connectivity index (χ2v) is 6.81. The molecule has 0 aliphatic carbocycles. The smallest absolute Gasteiger partial charge is 0.270 e. The number of imidazole rings is 1. The molecule has 3 aromatic rings. The summed E-state index contributed by atoms with van der Waals surface area (Å²) < 4.78 is 4.11. The van der Waals surface area contributed by atoms with Crippen molar-refractivity contribution in [3.05, 3.63) is 53.9 Å². The standard InChI is InChI=1S/C18H23N7O/c1-13-19-8-10-24(13)12-16-21-22-17(23(16)2)14-5-4-9-25(11-14)18(26)15-6-3-7-20-15/h3,6-8,10,14,20H,4-5,9,11-12H2,1-2H3. The highest BCUT2D eigenvalue weighted by atomic mass is 16.2. The number of aromatic nitrogens is 6. The molecule has 8 heteroatoms. The fraction of sp³-hybridized carbons (Fsp3) is 0.444. The van der Waals surface area contributed by atoms with Gasteiger partial charge in [-0.15, -0.1) is 10.2 Å². The van der Waals surface area contributed by atoms with Gasteiger partial charge in [0.2, 0.25) is 0 Å². The molecule has 8 nitrogen and oxygen atoms in total. The molecule has 4 heterocycles. The van der Waals surface area contributed by atoms with Crippen LogP contribution in [0.2, 0.25) is 0 Å². The third kappa shape index (κ3) is 3.02. The number of hydrogen-bond acceptors (Lipinski definition) is 4. The number of piperidine rings is 1. The second kappa shape index (κ2) is 6.78. The molecular weight excluding hydrogens is 330 g/mol. The van der Waals surface area contributed by atoms with Crippen molar-refractivity contribution in [3.8, 4) is 0 Å². The number of aryl methyl sites for hydroxylation is 1. The van der Waals surface area contributed by atoms with Crippen LogP contribution in [0.1, 0.15) is 46.7 Å². The maximum Gasteiger partial charge on any atom is 0.270 e. The lowest BCUT2D eigenvalue weighted by Crippen LogP contribution is -2.39. The van der Waals surface area contributed by atoms with Crippen LogP contribution in [0.25, 0.3) is 0 Å². The summed E-state index contributed by atoms with van der Waals surface area (Å²) in [4.78, 5) is 21.8. The summed E-state index contributed by atoms with van der Waals surface area (Å²) in [7, 11) is 2.00. The van der Waals surface area contributed by atoms with Gasteiger partial charge >= 0.3 is 0 Å². The first kappa shape index (κ1) is 16.6. The van der Waals surface area contributed by atoms with Gasteiger partial charge < -0.3 is 19.0 Å². The van der Waals surface area contributed by atoms with Crippen LogP contribution in [-0.4, -0.2) is 53.2 Å². The molecule has 1 fully saturated rings. The van der Waals surface area contributed by atoms with Gasteiger partial charge in [-0.1, -0.05) is 0 Å². The Bertz CT molecular complexity index is 893. The number of carbonyl (C=O) groups excluding carboxylic acids is 1. The second-order valence-electron chi connectivity index (χ2n) is 6.81. The van der Waals surface area contributed by atoms with Gasteiger partial charge in [-0.3, -0.25) is 4.79 Å². The van der Waals surface area contributed by atoms with Crippen molar-refractivity contribution in [2.24, 2.45) is 7.05 Å². The molecule has 3 aromatic heterocycles. The highest BCUT2D eigenvalue weighted by molar-refractivity contribution is 5.92. The molecule has 1 aliphatic rings. The lowest BCUT2D eigenvalue weighted by atomic mass is 9.97. The summed E-state index contributed by atoms with van der Waals surface area (Å²) >= 11 is 0. The quantitative estimate of drug-likeness (QED) is 0.774. The molecule has 0 aromatic carbocycles. The fourth-order valence-corrected chi connectivity index (χ4v) is 3.60. The van der Waals surface area contributed by atoms with Gasteiger partial charge in [0.25, 0.3) is 5.91 Å². The van der Waals surface area contributed by atoms with Gasteiger partial charge in [0.15, 0.2) is 5.82 Å². The van der Waals surface area contributed by atoms with Crippen molar-refractivity contribution in [3.63, 3.8) is 0 Å². The first-order chi connectivity index (χ1) is 12.6. The predicted octanol–water partition coefficient (Wildman–Crippen LogP) is 1.72. The summed E-state index contributed by atoms with van der Waals surface area (Å²) in [5, 5.41) is 8.82. The molecule has 136 valence electrons. The van der Waals surface area contributed by atoms with E-state index in [1.807, 2.05) is 37.2 Å². The van der Waals surface area contributed by atoms with Crippen LogP contribution in [0.15, 0.2) is 30.7 Å². The first-order valence-corrected chi connectivity index (χ1v) is 8.92. The Labute approximate surface area is 151 Å². The van der Waals surface area contributed by atoms with Crippen LogP contribution in [0.4, 0.5) is 0 Å². The van der Waals surface area contributed by atoms with Crippen LogP contribution in [-0.2, 0) is 13.6 Å².